The van der Waals surface area contributed by atoms with Crippen LogP contribution in [0.25, 0.3) is 49.8 Å². The number of pyridine rings is 3. The van der Waals surface area contributed by atoms with Crippen LogP contribution in [0, 0.1) is 28.8 Å². The number of likely N-dealkylation sites (N-methyl/N-ethyl adjacent to an activating group) is 1. The molecular formula is C66H65F12N17O11. The van der Waals surface area contributed by atoms with Crippen molar-refractivity contribution in [3.63, 3.8) is 0 Å². The van der Waals surface area contributed by atoms with Crippen molar-refractivity contribution in [2.45, 2.75) is 91.9 Å². The molecule has 0 spiro atoms. The van der Waals surface area contributed by atoms with E-state index in [9.17, 15) is 107 Å². The molecule has 9 rings (SSSR count). The number of para-hydroxylation sites is 3. The molecule has 0 saturated carbocycles. The van der Waals surface area contributed by atoms with Gasteiger partial charge in [-0.15, -0.1) is 0 Å². The third-order valence-corrected chi connectivity index (χ3v) is 14.3. The van der Waals surface area contributed by atoms with Gasteiger partial charge in [-0.3, -0.25) is 42.5 Å². The van der Waals surface area contributed by atoms with Crippen LogP contribution in [0.4, 0.5) is 74.9 Å². The van der Waals surface area contributed by atoms with E-state index in [1.54, 1.807) is 33.8 Å². The Kier molecular flexibility index (Phi) is 26.5. The third-order valence-electron chi connectivity index (χ3n) is 14.3. The summed E-state index contributed by atoms with van der Waals surface area (Å²) in [5.41, 5.74) is -4.39. The summed E-state index contributed by atoms with van der Waals surface area (Å²) in [5.74, 6) is -12.0. The minimum Gasteiger partial charge on any atom is -0.506 e. The first kappa shape index (κ1) is 82.4. The molecule has 0 radical (unpaired) electrons. The summed E-state index contributed by atoms with van der Waals surface area (Å²) >= 11 is 0. The van der Waals surface area contributed by atoms with Crippen molar-refractivity contribution in [1.82, 2.24) is 53.8 Å². The van der Waals surface area contributed by atoms with Gasteiger partial charge in [0.2, 0.25) is 23.4 Å². The molecule has 0 aliphatic heterocycles. The zero-order chi connectivity index (χ0) is 79.2. The number of aromatic nitrogens is 9. The van der Waals surface area contributed by atoms with Gasteiger partial charge in [0.1, 0.15) is 97.1 Å². The molecule has 564 valence electrons. The molecule has 28 nitrogen and oxygen atoms in total. The highest BCUT2D eigenvalue weighted by atomic mass is 19.4. The maximum absolute atomic E-state index is 14.5. The number of nitrogens with zero attached hydrogens (tertiary/aromatic N) is 11. The zero-order valence-corrected chi connectivity index (χ0v) is 56.8. The summed E-state index contributed by atoms with van der Waals surface area (Å²) in [6, 6.07) is 11.4. The molecule has 0 saturated heterocycles. The third kappa shape index (κ3) is 19.2. The number of carbonyl (C=O) groups excluding carboxylic acids is 4. The molecule has 6 aromatic heterocycles. The summed E-state index contributed by atoms with van der Waals surface area (Å²) in [5, 5.41) is 48.8. The number of rotatable bonds is 20. The Morgan fingerprint density at radius 3 is 1.27 bits per heavy atom. The molecule has 40 heteroatoms. The number of nitrogens with two attached hydrogens (primary N) is 2. The van der Waals surface area contributed by atoms with Crippen LogP contribution in [0.15, 0.2) is 99.8 Å². The molecule has 0 atom stereocenters. The van der Waals surface area contributed by atoms with Crippen LogP contribution in [0.1, 0.15) is 112 Å². The van der Waals surface area contributed by atoms with E-state index in [1.165, 1.54) is 4.90 Å². The number of hydrogen-bond acceptors (Lipinski definition) is 21. The smallest absolute Gasteiger partial charge is 0.431 e. The van der Waals surface area contributed by atoms with E-state index in [-0.39, 0.29) is 62.7 Å². The maximum Gasteiger partial charge on any atom is 0.431 e. The number of anilines is 3. The second-order valence-electron chi connectivity index (χ2n) is 22.7. The number of alkyl carbamates (subject to hydrolysis) is 1. The standard InChI is InChI=1S/2C22H20F4N6O4.C20H19F4N5O3.C2H6/c1-21(2,3)36-20(35)29-8-7-28-18-11-9-14(22(24,25)26)32(17-12(23)5-4-6-13(17)33)19(34)16(11)30-15(10-27)31-18;1-3-15(34)31(4-2)9-8-28-19-11-10-14(22(24,25)26)32(17-12(23)6-5-7-13(17)33)21(36)16(11)29-20(30-19)18(27)35;1-2-3-4-8-26-17-10-9-13(20(22,23)24)29(15-11(21)6-5-7-12(15)30)19(32)14(10)27-18(28-17)16(25)31;1-2/h4-6,9,33H,7-8H2,1-3H3,(H,29,35)(H,28,30,31);3,5-7,10,33H,1,4,8-9H2,2H3,(H2,27,35)(H,28,29,30);5-7,9,30H,2-4,8H2,1H3,(H2,25,31)(H,26,27,28);1-2H3. The lowest BCUT2D eigenvalue weighted by atomic mass is 10.1. The average Bonchev–Trinajstić information content (AvgIpc) is 0.753. The Morgan fingerprint density at radius 2 is 0.943 bits per heavy atom. The topological polar surface area (TPSA) is 409 Å². The number of fused-ring (bicyclic) bond motifs is 3. The second kappa shape index (κ2) is 34.1. The largest absolute Gasteiger partial charge is 0.506 e. The molecule has 0 unspecified atom stereocenters. The number of carbonyl (C=O) groups is 4. The molecule has 4 amide bonds. The summed E-state index contributed by atoms with van der Waals surface area (Å²) < 4.78 is 174. The SMILES string of the molecule is C=CC(=O)N(CC)CCNc1nc(C(N)=O)nc2c(=O)n(-c3c(O)cccc3F)c(C(F)(F)F)cc12.CC.CC(C)(C)OC(=O)NCCNc1nc(C#N)nc2c(=O)n(-c3c(O)cccc3F)c(C(F)(F)F)cc12.CCCCCNc1nc(C(N)=O)nc2c(=O)n(-c3c(O)cccc3F)c(C(F)(F)F)cc12. The minimum absolute atomic E-state index is 0.0222. The molecule has 3 aromatic carbocycles. The Hall–Kier alpha value is -12.6. The lowest BCUT2D eigenvalue weighted by Gasteiger charge is -2.21. The number of hydrogen-bond donors (Lipinski definition) is 9. The molecular weight excluding hydrogens is 1430 g/mol. The van der Waals surface area contributed by atoms with E-state index >= 15 is 0 Å². The first-order valence-corrected chi connectivity index (χ1v) is 31.4. The van der Waals surface area contributed by atoms with Gasteiger partial charge >= 0.3 is 24.6 Å². The van der Waals surface area contributed by atoms with E-state index in [4.69, 9.17) is 16.2 Å². The van der Waals surface area contributed by atoms with Gasteiger partial charge in [-0.25, -0.2) is 47.9 Å². The summed E-state index contributed by atoms with van der Waals surface area (Å²) in [4.78, 5) is 111. The number of aromatic hydroxyl groups is 3. The van der Waals surface area contributed by atoms with Gasteiger partial charge in [-0.2, -0.15) is 44.8 Å². The fourth-order valence-electron chi connectivity index (χ4n) is 9.80. The van der Waals surface area contributed by atoms with Crippen molar-refractivity contribution in [3.05, 3.63) is 169 Å². The number of phenols is 3. The number of nitriles is 1. The molecule has 6 heterocycles. The highest BCUT2D eigenvalue weighted by molar-refractivity contribution is 5.97. The fourth-order valence-corrected chi connectivity index (χ4v) is 9.80. The van der Waals surface area contributed by atoms with E-state index in [0.29, 0.717) is 37.7 Å². The van der Waals surface area contributed by atoms with Crippen LogP contribution in [0.3, 0.4) is 0 Å². The number of unbranched alkanes of at least 4 members (excludes halogenated alkanes) is 2. The highest BCUT2D eigenvalue weighted by Gasteiger charge is 2.41. The van der Waals surface area contributed by atoms with E-state index in [0.717, 1.165) is 73.5 Å². The van der Waals surface area contributed by atoms with Gasteiger partial charge in [-0.05, 0) is 94.8 Å². The fraction of sp³-hybridized carbons (Fsp3) is 0.303. The number of benzene rings is 3. The van der Waals surface area contributed by atoms with Gasteiger partial charge < -0.3 is 57.7 Å². The first-order chi connectivity index (χ1) is 49.7. The van der Waals surface area contributed by atoms with Gasteiger partial charge in [0.25, 0.3) is 28.5 Å². The van der Waals surface area contributed by atoms with Crippen molar-refractivity contribution in [2.75, 3.05) is 55.2 Å². The number of phenolic OH excluding ortho intramolecular Hbond substituents is 3. The normalized spacial score (nSPS) is 11.4. The van der Waals surface area contributed by atoms with Crippen molar-refractivity contribution < 1.29 is 91.9 Å². The van der Waals surface area contributed by atoms with Gasteiger partial charge in [0.05, 0.1) is 16.2 Å². The number of primary amides is 2. The minimum atomic E-state index is -5.18. The molecule has 106 heavy (non-hydrogen) atoms. The lowest BCUT2D eigenvalue weighted by molar-refractivity contribution is -0.143. The van der Waals surface area contributed by atoms with Crippen molar-refractivity contribution >= 4 is 74.0 Å². The van der Waals surface area contributed by atoms with Crippen molar-refractivity contribution in [1.29, 1.82) is 5.26 Å². The number of amides is 4. The van der Waals surface area contributed by atoms with E-state index in [1.807, 2.05) is 20.8 Å². The monoisotopic (exact) mass is 1500 g/mol. The number of nitrogens with one attached hydrogen (secondary N) is 4. The van der Waals surface area contributed by atoms with E-state index in [2.05, 4.69) is 57.7 Å². The Balaban J connectivity index is 0.000000247. The molecule has 0 aliphatic rings. The van der Waals surface area contributed by atoms with Crippen LogP contribution in [0.5, 0.6) is 17.2 Å². The summed E-state index contributed by atoms with van der Waals surface area (Å²) in [6.45, 7) is 16.5. The van der Waals surface area contributed by atoms with E-state index < -0.39 is 178 Å². The lowest BCUT2D eigenvalue weighted by Crippen LogP contribution is -2.35. The Bertz CT molecular complexity index is 5010. The summed E-state index contributed by atoms with van der Waals surface area (Å²) in [6.07, 6.45) is -12.7. The zero-order valence-electron chi connectivity index (χ0n) is 56.8. The quantitative estimate of drug-likeness (QED) is 0.0194. The number of halogens is 12. The Morgan fingerprint density at radius 1 is 0.575 bits per heavy atom. The van der Waals surface area contributed by atoms with Crippen LogP contribution < -0.4 is 49.4 Å². The van der Waals surface area contributed by atoms with Crippen LogP contribution in [-0.2, 0) is 28.1 Å². The molecule has 11 N–H and O–H groups in total. The van der Waals surface area contributed by atoms with Gasteiger partial charge in [0.15, 0.2) is 17.5 Å². The predicted octanol–water partition coefficient (Wildman–Crippen LogP) is 10.0. The first-order valence-electron chi connectivity index (χ1n) is 31.4. The molecule has 9 aromatic rings. The number of ether oxygens (including phenoxy) is 1. The summed E-state index contributed by atoms with van der Waals surface area (Å²) in [7, 11) is 0. The van der Waals surface area contributed by atoms with Crippen molar-refractivity contribution in [3.8, 4) is 40.4 Å². The maximum atomic E-state index is 14.5. The van der Waals surface area contributed by atoms with Crippen molar-refractivity contribution in [2.24, 2.45) is 11.5 Å². The van der Waals surface area contributed by atoms with Gasteiger partial charge in [-0.1, -0.05) is 58.4 Å². The molecule has 0 fully saturated rings. The Labute approximate surface area is 590 Å². The van der Waals surface area contributed by atoms with Crippen LogP contribution >= 0.6 is 0 Å². The van der Waals surface area contributed by atoms with Gasteiger partial charge in [0, 0.05) is 39.3 Å². The molecule has 0 bridgehead atoms. The van der Waals surface area contributed by atoms with Crippen LogP contribution in [0.2, 0.25) is 0 Å². The predicted molar refractivity (Wildman–Crippen MR) is 360 cm³/mol. The second-order valence-corrected chi connectivity index (χ2v) is 22.7. The van der Waals surface area contributed by atoms with Crippen LogP contribution in [-0.4, -0.2) is 133 Å². The highest BCUT2D eigenvalue weighted by Crippen LogP contribution is 2.39. The average molecular weight is 1500 g/mol. The number of alkyl halides is 9. The molecule has 0 aliphatic carbocycles.